The van der Waals surface area contributed by atoms with Gasteiger partial charge in [0.2, 0.25) is 0 Å². The molecular weight excluding hydrogens is 304 g/mol. The van der Waals surface area contributed by atoms with Gasteiger partial charge in [0.1, 0.15) is 5.58 Å². The predicted molar refractivity (Wildman–Crippen MR) is 89.6 cm³/mol. The molecule has 0 amide bonds. The molecule has 1 N–H and O–H groups in total. The topological polar surface area (TPSA) is 66.6 Å². The van der Waals surface area contributed by atoms with E-state index >= 15 is 0 Å². The number of carboxylic acids is 1. The van der Waals surface area contributed by atoms with Crippen LogP contribution in [0, 0.1) is 5.92 Å². The third-order valence-electron chi connectivity index (χ3n) is 4.70. The molecule has 2 aromatic heterocycles. The first kappa shape index (κ1) is 14.9. The molecule has 0 bridgehead atoms. The smallest absolute Gasteiger partial charge is 0.308 e. The van der Waals surface area contributed by atoms with Crippen molar-refractivity contribution in [3.05, 3.63) is 66.2 Å². The lowest BCUT2D eigenvalue weighted by molar-refractivity contribution is -0.141. The lowest BCUT2D eigenvalue weighted by atomic mass is 9.93. The van der Waals surface area contributed by atoms with Gasteiger partial charge in [-0.3, -0.25) is 14.7 Å². The molecule has 1 fully saturated rings. The minimum Gasteiger partial charge on any atom is -0.481 e. The van der Waals surface area contributed by atoms with Crippen LogP contribution in [0.5, 0.6) is 0 Å². The summed E-state index contributed by atoms with van der Waals surface area (Å²) in [5.41, 5.74) is 2.89. The maximum absolute atomic E-state index is 11.7. The molecular formula is C19H18N2O3. The number of carboxylic acid groups (broad SMARTS) is 1. The van der Waals surface area contributed by atoms with Gasteiger partial charge in [-0.1, -0.05) is 12.1 Å². The number of furan rings is 1. The van der Waals surface area contributed by atoms with E-state index in [-0.39, 0.29) is 5.92 Å². The Kier molecular flexibility index (Phi) is 3.78. The van der Waals surface area contributed by atoms with Crippen molar-refractivity contribution in [1.29, 1.82) is 0 Å². The summed E-state index contributed by atoms with van der Waals surface area (Å²) >= 11 is 0. The Morgan fingerprint density at radius 3 is 2.96 bits per heavy atom. The molecule has 1 saturated heterocycles. The Hall–Kier alpha value is -2.66. The van der Waals surface area contributed by atoms with Crippen LogP contribution >= 0.6 is 0 Å². The Morgan fingerprint density at radius 2 is 2.17 bits per heavy atom. The standard InChI is InChI=1S/C19H18N2O3/c22-19(23)16-12-21(11-15(16)17-3-1-2-7-20-17)10-13-4-5-18-14(9-13)6-8-24-18/h1-9,15-16H,10-12H2,(H,22,23). The van der Waals surface area contributed by atoms with Crippen molar-refractivity contribution in [3.8, 4) is 0 Å². The predicted octanol–water partition coefficient (Wildman–Crippen LogP) is 3.13. The van der Waals surface area contributed by atoms with Crippen molar-refractivity contribution in [3.63, 3.8) is 0 Å². The van der Waals surface area contributed by atoms with E-state index in [1.165, 1.54) is 0 Å². The third-order valence-corrected chi connectivity index (χ3v) is 4.70. The fourth-order valence-corrected chi connectivity index (χ4v) is 3.53. The van der Waals surface area contributed by atoms with Crippen LogP contribution in [0.2, 0.25) is 0 Å². The van der Waals surface area contributed by atoms with Crippen LogP contribution in [-0.4, -0.2) is 34.0 Å². The highest BCUT2D eigenvalue weighted by atomic mass is 16.4. The second kappa shape index (κ2) is 6.09. The fourth-order valence-electron chi connectivity index (χ4n) is 3.53. The molecule has 1 aromatic carbocycles. The molecule has 24 heavy (non-hydrogen) atoms. The second-order valence-electron chi connectivity index (χ2n) is 6.29. The average Bonchev–Trinajstić information content (AvgIpc) is 3.22. The molecule has 2 atom stereocenters. The van der Waals surface area contributed by atoms with E-state index in [2.05, 4.69) is 16.0 Å². The average molecular weight is 322 g/mol. The summed E-state index contributed by atoms with van der Waals surface area (Å²) < 4.78 is 5.37. The molecule has 0 spiro atoms. The molecule has 1 aliphatic rings. The fraction of sp³-hybridized carbons (Fsp3) is 0.263. The highest BCUT2D eigenvalue weighted by Gasteiger charge is 2.39. The van der Waals surface area contributed by atoms with Gasteiger partial charge >= 0.3 is 5.97 Å². The summed E-state index contributed by atoms with van der Waals surface area (Å²) in [6.07, 6.45) is 3.41. The molecule has 3 aromatic rings. The van der Waals surface area contributed by atoms with E-state index in [4.69, 9.17) is 4.42 Å². The van der Waals surface area contributed by atoms with E-state index < -0.39 is 11.9 Å². The first-order valence-electron chi connectivity index (χ1n) is 8.03. The molecule has 5 heteroatoms. The number of benzene rings is 1. The van der Waals surface area contributed by atoms with Crippen LogP contribution in [0.1, 0.15) is 17.2 Å². The van der Waals surface area contributed by atoms with Gasteiger partial charge in [-0.2, -0.15) is 0 Å². The summed E-state index contributed by atoms with van der Waals surface area (Å²) in [6.45, 7) is 1.98. The van der Waals surface area contributed by atoms with Crippen molar-refractivity contribution in [2.75, 3.05) is 13.1 Å². The maximum Gasteiger partial charge on any atom is 0.308 e. The van der Waals surface area contributed by atoms with Gasteiger partial charge in [0, 0.05) is 42.8 Å². The number of aromatic nitrogens is 1. The van der Waals surface area contributed by atoms with Crippen LogP contribution in [0.4, 0.5) is 0 Å². The van der Waals surface area contributed by atoms with Gasteiger partial charge < -0.3 is 9.52 Å². The molecule has 1 aliphatic heterocycles. The van der Waals surface area contributed by atoms with Gasteiger partial charge in [-0.25, -0.2) is 0 Å². The van der Waals surface area contributed by atoms with Gasteiger partial charge in [0.05, 0.1) is 12.2 Å². The van der Waals surface area contributed by atoms with Gasteiger partial charge in [-0.05, 0) is 35.9 Å². The minimum absolute atomic E-state index is 0.0682. The van der Waals surface area contributed by atoms with Crippen LogP contribution in [0.15, 0.2) is 59.3 Å². The molecule has 2 unspecified atom stereocenters. The third kappa shape index (κ3) is 2.78. The van der Waals surface area contributed by atoms with E-state index in [0.717, 1.165) is 28.8 Å². The number of aliphatic carboxylic acids is 1. The van der Waals surface area contributed by atoms with E-state index in [1.807, 2.05) is 36.4 Å². The highest BCUT2D eigenvalue weighted by Crippen LogP contribution is 2.33. The summed E-state index contributed by atoms with van der Waals surface area (Å²) in [5, 5.41) is 10.6. The number of likely N-dealkylation sites (tertiary alicyclic amines) is 1. The van der Waals surface area contributed by atoms with E-state index in [1.54, 1.807) is 12.5 Å². The maximum atomic E-state index is 11.7. The molecule has 0 radical (unpaired) electrons. The number of hydrogen-bond donors (Lipinski definition) is 1. The largest absolute Gasteiger partial charge is 0.481 e. The monoisotopic (exact) mass is 322 g/mol. The van der Waals surface area contributed by atoms with Crippen LogP contribution in [-0.2, 0) is 11.3 Å². The lowest BCUT2D eigenvalue weighted by Crippen LogP contribution is -2.23. The quantitative estimate of drug-likeness (QED) is 0.799. The minimum atomic E-state index is -0.751. The second-order valence-corrected chi connectivity index (χ2v) is 6.29. The zero-order valence-corrected chi connectivity index (χ0v) is 13.1. The normalized spacial score (nSPS) is 21.3. The molecule has 3 heterocycles. The zero-order chi connectivity index (χ0) is 16.5. The first-order valence-corrected chi connectivity index (χ1v) is 8.03. The highest BCUT2D eigenvalue weighted by molar-refractivity contribution is 5.77. The van der Waals surface area contributed by atoms with Crippen molar-refractivity contribution in [2.24, 2.45) is 5.92 Å². The number of hydrogen-bond acceptors (Lipinski definition) is 4. The molecule has 0 aliphatic carbocycles. The summed E-state index contributed by atoms with van der Waals surface area (Å²) in [5.74, 6) is -1.24. The number of rotatable bonds is 4. The van der Waals surface area contributed by atoms with Crippen LogP contribution in [0.25, 0.3) is 11.0 Å². The van der Waals surface area contributed by atoms with Crippen LogP contribution in [0.3, 0.4) is 0 Å². The van der Waals surface area contributed by atoms with E-state index in [0.29, 0.717) is 13.1 Å². The summed E-state index contributed by atoms with van der Waals surface area (Å²) in [4.78, 5) is 18.2. The lowest BCUT2D eigenvalue weighted by Gasteiger charge is -2.15. The number of pyridine rings is 1. The summed E-state index contributed by atoms with van der Waals surface area (Å²) in [6, 6.07) is 13.7. The van der Waals surface area contributed by atoms with Crippen molar-refractivity contribution >= 4 is 16.9 Å². The van der Waals surface area contributed by atoms with Crippen molar-refractivity contribution < 1.29 is 14.3 Å². The Bertz CT molecular complexity index is 859. The van der Waals surface area contributed by atoms with E-state index in [9.17, 15) is 9.90 Å². The molecule has 0 saturated carbocycles. The Labute approximate surface area is 139 Å². The molecule has 5 nitrogen and oxygen atoms in total. The SMILES string of the molecule is O=C(O)C1CN(Cc2ccc3occc3c2)CC1c1ccccn1. The first-order chi connectivity index (χ1) is 11.7. The van der Waals surface area contributed by atoms with Crippen molar-refractivity contribution in [1.82, 2.24) is 9.88 Å². The number of nitrogens with zero attached hydrogens (tertiary/aromatic N) is 2. The van der Waals surface area contributed by atoms with Gasteiger partial charge in [0.25, 0.3) is 0 Å². The van der Waals surface area contributed by atoms with Gasteiger partial charge in [0.15, 0.2) is 0 Å². The summed E-state index contributed by atoms with van der Waals surface area (Å²) in [7, 11) is 0. The number of carbonyl (C=O) groups is 1. The Balaban J connectivity index is 1.55. The van der Waals surface area contributed by atoms with Gasteiger partial charge in [-0.15, -0.1) is 0 Å². The molecule has 122 valence electrons. The zero-order valence-electron chi connectivity index (χ0n) is 13.1. The number of fused-ring (bicyclic) bond motifs is 1. The molecule has 4 rings (SSSR count). The van der Waals surface area contributed by atoms with Crippen LogP contribution < -0.4 is 0 Å². The van der Waals surface area contributed by atoms with Crippen molar-refractivity contribution in [2.45, 2.75) is 12.5 Å². The Morgan fingerprint density at radius 1 is 1.25 bits per heavy atom.